The van der Waals surface area contributed by atoms with Crippen molar-refractivity contribution in [3.63, 3.8) is 0 Å². The predicted octanol–water partition coefficient (Wildman–Crippen LogP) is 3.86. The lowest BCUT2D eigenvalue weighted by Crippen LogP contribution is -2.15. The number of aromatic nitrogens is 2. The molecule has 134 valence electrons. The molecule has 0 aliphatic rings. The van der Waals surface area contributed by atoms with Crippen LogP contribution in [0.4, 0.5) is 18.9 Å². The molecule has 0 aliphatic heterocycles. The lowest BCUT2D eigenvalue weighted by Gasteiger charge is -2.10. The van der Waals surface area contributed by atoms with Gasteiger partial charge >= 0.3 is 0 Å². The van der Waals surface area contributed by atoms with Crippen LogP contribution in [0.3, 0.4) is 0 Å². The fourth-order valence-corrected chi connectivity index (χ4v) is 2.61. The van der Waals surface area contributed by atoms with Crippen molar-refractivity contribution in [3.05, 3.63) is 70.8 Å². The van der Waals surface area contributed by atoms with Crippen molar-refractivity contribution in [2.75, 3.05) is 5.32 Å². The minimum atomic E-state index is -1.22. The SMILES string of the molecule is Cc1cc(C)n(-c2ccc(NC(=O)c3c(O)cc(F)cc3F)cc2F)n1. The van der Waals surface area contributed by atoms with Crippen LogP contribution < -0.4 is 5.32 Å². The molecule has 0 spiro atoms. The number of aromatic hydroxyl groups is 1. The standard InChI is InChI=1S/C18H14F3N3O2/c1-9-5-10(2)24(23-9)15-4-3-12(8-13(15)20)22-18(26)17-14(21)6-11(19)7-16(17)25/h3-8,25H,1-2H3,(H,22,26). The Kier molecular flexibility index (Phi) is 4.41. The maximum Gasteiger partial charge on any atom is 0.262 e. The molecule has 0 radical (unpaired) electrons. The molecule has 1 aromatic heterocycles. The molecule has 5 nitrogen and oxygen atoms in total. The fraction of sp³-hybridized carbons (Fsp3) is 0.111. The quantitative estimate of drug-likeness (QED) is 0.744. The average Bonchev–Trinajstić information content (AvgIpc) is 2.84. The second kappa shape index (κ2) is 6.55. The summed E-state index contributed by atoms with van der Waals surface area (Å²) in [6.45, 7) is 3.55. The lowest BCUT2D eigenvalue weighted by atomic mass is 10.1. The van der Waals surface area contributed by atoms with Gasteiger partial charge < -0.3 is 10.4 Å². The third-order valence-corrected chi connectivity index (χ3v) is 3.70. The first kappa shape index (κ1) is 17.5. The van der Waals surface area contributed by atoms with E-state index in [9.17, 15) is 23.1 Å². The highest BCUT2D eigenvalue weighted by Crippen LogP contribution is 2.25. The van der Waals surface area contributed by atoms with Crippen LogP contribution in [-0.2, 0) is 0 Å². The average molecular weight is 361 g/mol. The van der Waals surface area contributed by atoms with Gasteiger partial charge in [-0.3, -0.25) is 4.79 Å². The molecule has 1 amide bonds. The molecule has 0 atom stereocenters. The zero-order valence-electron chi connectivity index (χ0n) is 13.8. The number of nitrogens with zero attached hydrogens (tertiary/aromatic N) is 2. The highest BCUT2D eigenvalue weighted by molar-refractivity contribution is 6.06. The Bertz CT molecular complexity index is 992. The molecule has 0 aliphatic carbocycles. The third kappa shape index (κ3) is 3.26. The summed E-state index contributed by atoms with van der Waals surface area (Å²) in [7, 11) is 0. The number of halogens is 3. The van der Waals surface area contributed by atoms with E-state index in [2.05, 4.69) is 10.4 Å². The number of hydrogen-bond acceptors (Lipinski definition) is 3. The van der Waals surface area contributed by atoms with Crippen LogP contribution >= 0.6 is 0 Å². The van der Waals surface area contributed by atoms with Gasteiger partial charge in [0, 0.05) is 23.5 Å². The first-order chi connectivity index (χ1) is 12.3. The number of benzene rings is 2. The zero-order valence-corrected chi connectivity index (χ0v) is 13.8. The molecule has 1 heterocycles. The number of amides is 1. The molecule has 2 aromatic carbocycles. The van der Waals surface area contributed by atoms with Gasteiger partial charge in [-0.1, -0.05) is 0 Å². The summed E-state index contributed by atoms with van der Waals surface area (Å²) in [4.78, 5) is 12.1. The van der Waals surface area contributed by atoms with Gasteiger partial charge in [0.05, 0.1) is 5.69 Å². The second-order valence-electron chi connectivity index (χ2n) is 5.74. The van der Waals surface area contributed by atoms with Crippen molar-refractivity contribution in [1.29, 1.82) is 0 Å². The molecule has 0 saturated heterocycles. The van der Waals surface area contributed by atoms with Crippen LogP contribution in [0, 0.1) is 31.3 Å². The number of hydrogen-bond donors (Lipinski definition) is 2. The molecule has 2 N–H and O–H groups in total. The topological polar surface area (TPSA) is 67.2 Å². The first-order valence-electron chi connectivity index (χ1n) is 7.59. The Balaban J connectivity index is 1.89. The van der Waals surface area contributed by atoms with E-state index in [0.29, 0.717) is 12.1 Å². The van der Waals surface area contributed by atoms with Crippen LogP contribution in [0.5, 0.6) is 5.75 Å². The number of anilines is 1. The third-order valence-electron chi connectivity index (χ3n) is 3.70. The molecule has 0 bridgehead atoms. The summed E-state index contributed by atoms with van der Waals surface area (Å²) in [5.74, 6) is -4.77. The second-order valence-corrected chi connectivity index (χ2v) is 5.74. The number of phenols is 1. The highest BCUT2D eigenvalue weighted by Gasteiger charge is 2.19. The Morgan fingerprint density at radius 2 is 1.81 bits per heavy atom. The van der Waals surface area contributed by atoms with Crippen LogP contribution in [0.25, 0.3) is 5.69 Å². The summed E-state index contributed by atoms with van der Waals surface area (Å²) >= 11 is 0. The normalized spacial score (nSPS) is 10.8. The maximum absolute atomic E-state index is 14.4. The van der Waals surface area contributed by atoms with Gasteiger partial charge in [-0.25, -0.2) is 17.9 Å². The van der Waals surface area contributed by atoms with Crippen LogP contribution in [-0.4, -0.2) is 20.8 Å². The van der Waals surface area contributed by atoms with E-state index in [-0.39, 0.29) is 11.4 Å². The van der Waals surface area contributed by atoms with E-state index in [4.69, 9.17) is 0 Å². The van der Waals surface area contributed by atoms with Gasteiger partial charge in [-0.2, -0.15) is 5.10 Å². The van der Waals surface area contributed by atoms with E-state index in [1.807, 2.05) is 0 Å². The van der Waals surface area contributed by atoms with E-state index in [1.54, 1.807) is 19.9 Å². The fourth-order valence-electron chi connectivity index (χ4n) is 2.61. The largest absolute Gasteiger partial charge is 0.507 e. The van der Waals surface area contributed by atoms with E-state index < -0.39 is 34.7 Å². The van der Waals surface area contributed by atoms with Crippen molar-refractivity contribution in [2.45, 2.75) is 13.8 Å². The van der Waals surface area contributed by atoms with Crippen molar-refractivity contribution >= 4 is 11.6 Å². The van der Waals surface area contributed by atoms with E-state index in [0.717, 1.165) is 17.5 Å². The van der Waals surface area contributed by atoms with Crippen molar-refractivity contribution < 1.29 is 23.1 Å². The van der Waals surface area contributed by atoms with Gasteiger partial charge in [-0.05, 0) is 38.1 Å². The van der Waals surface area contributed by atoms with E-state index >= 15 is 0 Å². The Hall–Kier alpha value is -3.29. The number of phenolic OH excluding ortho intramolecular Hbond substituents is 1. The van der Waals surface area contributed by atoms with Gasteiger partial charge in [0.2, 0.25) is 0 Å². The Morgan fingerprint density at radius 3 is 2.38 bits per heavy atom. The molecule has 3 aromatic rings. The van der Waals surface area contributed by atoms with Gasteiger partial charge in [0.1, 0.15) is 28.6 Å². The van der Waals surface area contributed by atoms with Crippen LogP contribution in [0.1, 0.15) is 21.7 Å². The summed E-state index contributed by atoms with van der Waals surface area (Å²) in [6.07, 6.45) is 0. The lowest BCUT2D eigenvalue weighted by molar-refractivity contribution is 0.102. The minimum absolute atomic E-state index is 0.0425. The predicted molar refractivity (Wildman–Crippen MR) is 89.0 cm³/mol. The number of rotatable bonds is 3. The number of aryl methyl sites for hydroxylation is 2. The summed E-state index contributed by atoms with van der Waals surface area (Å²) in [6, 6.07) is 6.74. The first-order valence-corrected chi connectivity index (χ1v) is 7.59. The summed E-state index contributed by atoms with van der Waals surface area (Å²) in [5, 5.41) is 16.0. The molecule has 3 rings (SSSR count). The van der Waals surface area contributed by atoms with Crippen LogP contribution in [0.15, 0.2) is 36.4 Å². The summed E-state index contributed by atoms with van der Waals surface area (Å²) in [5.41, 5.74) is 0.956. The van der Waals surface area contributed by atoms with Gasteiger partial charge in [0.25, 0.3) is 5.91 Å². The Morgan fingerprint density at radius 1 is 1.08 bits per heavy atom. The summed E-state index contributed by atoms with van der Waals surface area (Å²) < 4.78 is 42.6. The molecule has 0 fully saturated rings. The smallest absolute Gasteiger partial charge is 0.262 e. The molecule has 0 saturated carbocycles. The van der Waals surface area contributed by atoms with Crippen molar-refractivity contribution in [3.8, 4) is 11.4 Å². The molecule has 8 heteroatoms. The van der Waals surface area contributed by atoms with Crippen LogP contribution in [0.2, 0.25) is 0 Å². The van der Waals surface area contributed by atoms with Crippen molar-refractivity contribution in [2.24, 2.45) is 0 Å². The molecule has 0 unspecified atom stereocenters. The minimum Gasteiger partial charge on any atom is -0.507 e. The maximum atomic E-state index is 14.4. The Labute approximate surface area is 146 Å². The van der Waals surface area contributed by atoms with Crippen molar-refractivity contribution in [1.82, 2.24) is 9.78 Å². The molecular formula is C18H14F3N3O2. The van der Waals surface area contributed by atoms with E-state index in [1.165, 1.54) is 16.8 Å². The van der Waals surface area contributed by atoms with Gasteiger partial charge in [0.15, 0.2) is 5.82 Å². The molecular weight excluding hydrogens is 347 g/mol. The van der Waals surface area contributed by atoms with Gasteiger partial charge in [-0.15, -0.1) is 0 Å². The highest BCUT2D eigenvalue weighted by atomic mass is 19.1. The number of carbonyl (C=O) groups is 1. The number of nitrogens with one attached hydrogen (secondary N) is 1. The zero-order chi connectivity index (χ0) is 19.0. The monoisotopic (exact) mass is 361 g/mol. The molecule has 26 heavy (non-hydrogen) atoms. The number of carbonyl (C=O) groups excluding carboxylic acids is 1.